The fraction of sp³-hybridized carbons (Fsp3) is 0.200. The van der Waals surface area contributed by atoms with Crippen LogP contribution in [0.4, 0.5) is 17.2 Å². The maximum atomic E-state index is 11.8. The summed E-state index contributed by atoms with van der Waals surface area (Å²) in [6.07, 6.45) is 2.12. The first-order valence-electron chi connectivity index (χ1n) is 8.64. The fourth-order valence-corrected chi connectivity index (χ4v) is 3.23. The quantitative estimate of drug-likeness (QED) is 0.502. The number of rotatable bonds is 4. The molecule has 0 spiro atoms. The number of nitro groups is 1. The molecule has 0 unspecified atom stereocenters. The normalized spacial score (nSPS) is 12.7. The maximum Gasteiger partial charge on any atom is 0.373 e. The minimum Gasteiger partial charge on any atom is -0.434 e. The van der Waals surface area contributed by atoms with E-state index in [4.69, 9.17) is 4.74 Å². The largest absolute Gasteiger partial charge is 0.434 e. The van der Waals surface area contributed by atoms with Crippen molar-refractivity contribution >= 4 is 17.2 Å². The Morgan fingerprint density at radius 1 is 1.11 bits per heavy atom. The third-order valence-electron chi connectivity index (χ3n) is 4.79. The van der Waals surface area contributed by atoms with Gasteiger partial charge in [-0.25, -0.2) is 4.98 Å². The molecular weight excluding hydrogens is 344 g/mol. The van der Waals surface area contributed by atoms with Gasteiger partial charge in [-0.3, -0.25) is 10.1 Å². The minimum atomic E-state index is -0.480. The number of anilines is 2. The predicted octanol–water partition coefficient (Wildman–Crippen LogP) is 4.49. The number of fused-ring (bicyclic) bond motifs is 1. The Bertz CT molecular complexity index is 1040. The Morgan fingerprint density at radius 3 is 2.70 bits per heavy atom. The average molecular weight is 362 g/mol. The Balaban J connectivity index is 1.77. The van der Waals surface area contributed by atoms with Gasteiger partial charge in [0.2, 0.25) is 5.82 Å². The van der Waals surface area contributed by atoms with Crippen LogP contribution >= 0.6 is 0 Å². The van der Waals surface area contributed by atoms with E-state index in [0.717, 1.165) is 28.8 Å². The smallest absolute Gasteiger partial charge is 0.373 e. The van der Waals surface area contributed by atoms with Crippen molar-refractivity contribution in [3.8, 4) is 11.6 Å². The predicted molar refractivity (Wildman–Crippen MR) is 102 cm³/mol. The van der Waals surface area contributed by atoms with Crippen molar-refractivity contribution < 1.29 is 9.66 Å². The lowest BCUT2D eigenvalue weighted by Crippen LogP contribution is -2.17. The minimum absolute atomic E-state index is 0.0577. The van der Waals surface area contributed by atoms with Gasteiger partial charge < -0.3 is 9.64 Å². The third-order valence-corrected chi connectivity index (χ3v) is 4.79. The van der Waals surface area contributed by atoms with E-state index in [0.29, 0.717) is 12.3 Å². The van der Waals surface area contributed by atoms with Gasteiger partial charge >= 0.3 is 11.6 Å². The molecule has 1 aliphatic rings. The Hall–Kier alpha value is -3.48. The number of para-hydroxylation sites is 1. The van der Waals surface area contributed by atoms with Gasteiger partial charge in [0.1, 0.15) is 12.1 Å². The fourth-order valence-electron chi connectivity index (χ4n) is 3.23. The van der Waals surface area contributed by atoms with Gasteiger partial charge in [-0.1, -0.05) is 24.3 Å². The van der Waals surface area contributed by atoms with Crippen molar-refractivity contribution in [2.24, 2.45) is 0 Å². The van der Waals surface area contributed by atoms with E-state index < -0.39 is 4.92 Å². The van der Waals surface area contributed by atoms with Gasteiger partial charge in [-0.2, -0.15) is 4.98 Å². The summed E-state index contributed by atoms with van der Waals surface area (Å²) in [6.45, 7) is 4.58. The maximum absolute atomic E-state index is 11.8. The highest BCUT2D eigenvalue weighted by atomic mass is 16.6. The molecule has 0 amide bonds. The lowest BCUT2D eigenvalue weighted by atomic mass is 10.1. The molecule has 0 atom stereocenters. The van der Waals surface area contributed by atoms with Gasteiger partial charge in [0, 0.05) is 12.2 Å². The molecule has 7 heteroatoms. The van der Waals surface area contributed by atoms with E-state index in [1.165, 1.54) is 6.33 Å². The van der Waals surface area contributed by atoms with Crippen LogP contribution < -0.4 is 9.64 Å². The van der Waals surface area contributed by atoms with Gasteiger partial charge in [0.25, 0.3) is 0 Å². The van der Waals surface area contributed by atoms with E-state index in [2.05, 4.69) is 9.97 Å². The Morgan fingerprint density at radius 2 is 1.93 bits per heavy atom. The van der Waals surface area contributed by atoms with Gasteiger partial charge in [0.15, 0.2) is 0 Å². The summed E-state index contributed by atoms with van der Waals surface area (Å²) in [7, 11) is 0. The molecule has 7 nitrogen and oxygen atoms in total. The molecule has 1 aromatic heterocycles. The molecule has 0 bridgehead atoms. The molecule has 0 saturated heterocycles. The molecule has 0 N–H and O–H groups in total. The first-order valence-corrected chi connectivity index (χ1v) is 8.64. The second kappa shape index (κ2) is 6.68. The van der Waals surface area contributed by atoms with Crippen LogP contribution in [0.2, 0.25) is 0 Å². The highest BCUT2D eigenvalue weighted by Crippen LogP contribution is 2.42. The number of aromatic nitrogens is 2. The molecule has 0 saturated carbocycles. The van der Waals surface area contributed by atoms with Crippen LogP contribution in [-0.2, 0) is 6.42 Å². The average Bonchev–Trinajstić information content (AvgIpc) is 3.08. The number of aryl methyl sites for hydroxylation is 2. The van der Waals surface area contributed by atoms with Crippen LogP contribution in [0.25, 0.3) is 0 Å². The van der Waals surface area contributed by atoms with E-state index in [1.807, 2.05) is 55.1 Å². The molecule has 4 rings (SSSR count). The van der Waals surface area contributed by atoms with Crippen molar-refractivity contribution in [1.82, 2.24) is 9.97 Å². The second-order valence-corrected chi connectivity index (χ2v) is 6.49. The van der Waals surface area contributed by atoms with Crippen molar-refractivity contribution in [3.05, 3.63) is 75.6 Å². The molecule has 0 aliphatic carbocycles. The summed E-state index contributed by atoms with van der Waals surface area (Å²) >= 11 is 0. The summed E-state index contributed by atoms with van der Waals surface area (Å²) in [5.41, 5.74) is 4.00. The summed E-state index contributed by atoms with van der Waals surface area (Å²) in [5, 5.41) is 11.8. The van der Waals surface area contributed by atoms with Crippen LogP contribution in [0.5, 0.6) is 11.6 Å². The molecule has 0 radical (unpaired) electrons. The highest BCUT2D eigenvalue weighted by molar-refractivity contribution is 5.75. The Labute approximate surface area is 156 Å². The summed E-state index contributed by atoms with van der Waals surface area (Å²) < 4.78 is 5.78. The van der Waals surface area contributed by atoms with Gasteiger partial charge in [-0.15, -0.1) is 0 Å². The molecule has 2 heterocycles. The topological polar surface area (TPSA) is 81.4 Å². The second-order valence-electron chi connectivity index (χ2n) is 6.49. The molecule has 136 valence electrons. The van der Waals surface area contributed by atoms with Crippen molar-refractivity contribution in [1.29, 1.82) is 0 Å². The Kier molecular flexibility index (Phi) is 4.19. The van der Waals surface area contributed by atoms with Crippen LogP contribution in [0.1, 0.15) is 16.7 Å². The zero-order valence-electron chi connectivity index (χ0n) is 15.0. The SMILES string of the molecule is Cc1ccc(Oc2ncnc(N3CCc4ccccc43)c2[N+](=O)[O-])cc1C. The van der Waals surface area contributed by atoms with E-state index >= 15 is 0 Å². The van der Waals surface area contributed by atoms with Crippen molar-refractivity contribution in [2.75, 3.05) is 11.4 Å². The molecule has 0 fully saturated rings. The number of hydrogen-bond donors (Lipinski definition) is 0. The van der Waals surface area contributed by atoms with E-state index in [1.54, 1.807) is 6.07 Å². The summed E-state index contributed by atoms with van der Waals surface area (Å²) in [5.74, 6) is 0.698. The molecule has 3 aromatic rings. The van der Waals surface area contributed by atoms with Crippen molar-refractivity contribution in [2.45, 2.75) is 20.3 Å². The number of ether oxygens (including phenoxy) is 1. The summed E-state index contributed by atoms with van der Waals surface area (Å²) in [6, 6.07) is 13.4. The molecule has 1 aliphatic heterocycles. The highest BCUT2D eigenvalue weighted by Gasteiger charge is 2.32. The third kappa shape index (κ3) is 3.08. The molecular formula is C20H18N4O3. The molecule has 27 heavy (non-hydrogen) atoms. The van der Waals surface area contributed by atoms with E-state index in [9.17, 15) is 10.1 Å². The first-order chi connectivity index (χ1) is 13.0. The standard InChI is InChI=1S/C20H18N4O3/c1-13-7-8-16(11-14(13)2)27-20-18(24(25)26)19(21-12-22-20)23-10-9-15-5-3-4-6-17(15)23/h3-8,11-12H,9-10H2,1-2H3. The zero-order chi connectivity index (χ0) is 19.0. The van der Waals surface area contributed by atoms with Crippen molar-refractivity contribution in [3.63, 3.8) is 0 Å². The molecule has 2 aromatic carbocycles. The monoisotopic (exact) mass is 362 g/mol. The number of benzene rings is 2. The lowest BCUT2D eigenvalue weighted by Gasteiger charge is -2.18. The van der Waals surface area contributed by atoms with Crippen LogP contribution in [0.3, 0.4) is 0 Å². The zero-order valence-corrected chi connectivity index (χ0v) is 15.0. The van der Waals surface area contributed by atoms with Crippen LogP contribution in [0, 0.1) is 24.0 Å². The van der Waals surface area contributed by atoms with Gasteiger partial charge in [-0.05, 0) is 55.2 Å². The van der Waals surface area contributed by atoms with Crippen LogP contribution in [-0.4, -0.2) is 21.4 Å². The number of nitrogens with zero attached hydrogens (tertiary/aromatic N) is 4. The van der Waals surface area contributed by atoms with E-state index in [-0.39, 0.29) is 17.4 Å². The van der Waals surface area contributed by atoms with Crippen LogP contribution in [0.15, 0.2) is 48.8 Å². The lowest BCUT2D eigenvalue weighted by molar-refractivity contribution is -0.385. The summed E-state index contributed by atoms with van der Waals surface area (Å²) in [4.78, 5) is 21.5. The number of hydrogen-bond acceptors (Lipinski definition) is 6. The van der Waals surface area contributed by atoms with Gasteiger partial charge in [0.05, 0.1) is 4.92 Å². The first kappa shape index (κ1) is 17.0.